The second-order valence-corrected chi connectivity index (χ2v) is 6.93. The number of thioether (sulfide) groups is 1. The molecule has 0 aliphatic carbocycles. The van der Waals surface area contributed by atoms with Crippen LogP contribution >= 0.6 is 35.0 Å². The van der Waals surface area contributed by atoms with Gasteiger partial charge in [0.25, 0.3) is 0 Å². The van der Waals surface area contributed by atoms with Crippen molar-refractivity contribution in [1.82, 2.24) is 14.9 Å². The Balaban J connectivity index is 1.91. The van der Waals surface area contributed by atoms with Gasteiger partial charge in [0.05, 0.1) is 15.8 Å². The van der Waals surface area contributed by atoms with Crippen LogP contribution in [-0.4, -0.2) is 26.3 Å². The Morgan fingerprint density at radius 1 is 1.24 bits per heavy atom. The van der Waals surface area contributed by atoms with Gasteiger partial charge in [0, 0.05) is 12.2 Å². The zero-order valence-electron chi connectivity index (χ0n) is 11.7. The molecule has 2 heterocycles. The van der Waals surface area contributed by atoms with Crippen LogP contribution in [-0.2, 0) is 6.42 Å². The maximum Gasteiger partial charge on any atom is 0.212 e. The van der Waals surface area contributed by atoms with Gasteiger partial charge in [-0.1, -0.05) is 54.9 Å². The number of benzene rings is 1. The molecule has 1 aliphatic rings. The summed E-state index contributed by atoms with van der Waals surface area (Å²) in [4.78, 5) is 0. The molecule has 1 aliphatic heterocycles. The molecule has 0 saturated heterocycles. The summed E-state index contributed by atoms with van der Waals surface area (Å²) in [6, 6.07) is 5.59. The summed E-state index contributed by atoms with van der Waals surface area (Å²) in [5.74, 6) is 2.11. The van der Waals surface area contributed by atoms with E-state index in [2.05, 4.69) is 29.1 Å². The van der Waals surface area contributed by atoms with Gasteiger partial charge in [-0.15, -0.1) is 10.2 Å². The van der Waals surface area contributed by atoms with Crippen LogP contribution in [0.25, 0.3) is 0 Å². The number of aromatic nitrogens is 3. The molecule has 0 N–H and O–H groups in total. The van der Waals surface area contributed by atoms with E-state index in [0.717, 1.165) is 28.0 Å². The van der Waals surface area contributed by atoms with Gasteiger partial charge in [-0.05, 0) is 23.6 Å². The molecule has 0 atom stereocenters. The summed E-state index contributed by atoms with van der Waals surface area (Å²) in [5, 5.41) is 15.1. The molecule has 2 aromatic rings. The molecule has 0 spiro atoms. The molecular weight excluding hydrogens is 327 g/mol. The predicted octanol–water partition coefficient (Wildman–Crippen LogP) is 4.14. The van der Waals surface area contributed by atoms with Gasteiger partial charge in [-0.3, -0.25) is 0 Å². The number of fused-ring (bicyclic) bond motifs is 1. The molecule has 1 aromatic heterocycles. The molecule has 1 aromatic carbocycles. The van der Waals surface area contributed by atoms with Gasteiger partial charge in [0.15, 0.2) is 5.82 Å². The second kappa shape index (κ2) is 5.99. The first-order chi connectivity index (χ1) is 10.0. The molecule has 110 valence electrons. The first-order valence-corrected chi connectivity index (χ1v) is 8.37. The van der Waals surface area contributed by atoms with E-state index in [1.165, 1.54) is 0 Å². The Labute approximate surface area is 137 Å². The largest absolute Gasteiger partial charge is 0.212 e. The zero-order chi connectivity index (χ0) is 15.0. The lowest BCUT2D eigenvalue weighted by Gasteiger charge is -2.15. The number of hydrogen-bond acceptors (Lipinski definition) is 4. The van der Waals surface area contributed by atoms with Crippen LogP contribution in [0.4, 0.5) is 0 Å². The van der Waals surface area contributed by atoms with Crippen molar-refractivity contribution < 1.29 is 0 Å². The quantitative estimate of drug-likeness (QED) is 0.843. The van der Waals surface area contributed by atoms with Crippen molar-refractivity contribution in [3.63, 3.8) is 0 Å². The molecule has 21 heavy (non-hydrogen) atoms. The monoisotopic (exact) mass is 340 g/mol. The molecule has 0 fully saturated rings. The first kappa shape index (κ1) is 14.9. The fourth-order valence-corrected chi connectivity index (χ4v) is 3.36. The van der Waals surface area contributed by atoms with Crippen molar-refractivity contribution in [3.05, 3.63) is 39.6 Å². The number of halogens is 2. The van der Waals surface area contributed by atoms with Gasteiger partial charge < -0.3 is 0 Å². The van der Waals surface area contributed by atoms with Crippen LogP contribution in [0.5, 0.6) is 0 Å². The van der Waals surface area contributed by atoms with Crippen LogP contribution in [0.2, 0.25) is 10.0 Å². The van der Waals surface area contributed by atoms with Crippen molar-refractivity contribution in [1.29, 1.82) is 0 Å². The van der Waals surface area contributed by atoms with Crippen LogP contribution in [0, 0.1) is 5.92 Å². The minimum atomic E-state index is 0.422. The van der Waals surface area contributed by atoms with Crippen molar-refractivity contribution in [2.75, 3.05) is 5.75 Å². The standard InChI is InChI=1S/C14H14Cl2N4S/c1-8(2)12-7-21-14-18-17-13(20(14)19-12)6-9-3-4-10(15)11(16)5-9/h3-5,8H,6-7H2,1-2H3. The minimum Gasteiger partial charge on any atom is -0.191 e. The maximum absolute atomic E-state index is 6.06. The minimum absolute atomic E-state index is 0.422. The Bertz CT molecular complexity index is 709. The van der Waals surface area contributed by atoms with E-state index in [1.54, 1.807) is 17.8 Å². The zero-order valence-corrected chi connectivity index (χ0v) is 14.0. The van der Waals surface area contributed by atoms with Crippen LogP contribution in [0.1, 0.15) is 25.2 Å². The smallest absolute Gasteiger partial charge is 0.191 e. The summed E-state index contributed by atoms with van der Waals surface area (Å²) >= 11 is 13.7. The normalized spacial score (nSPS) is 14.2. The van der Waals surface area contributed by atoms with Crippen molar-refractivity contribution in [2.24, 2.45) is 11.0 Å². The third-order valence-corrected chi connectivity index (χ3v) is 4.96. The molecule has 0 unspecified atom stereocenters. The molecule has 0 amide bonds. The fraction of sp³-hybridized carbons (Fsp3) is 0.357. The second-order valence-electron chi connectivity index (χ2n) is 5.17. The van der Waals surface area contributed by atoms with Crippen LogP contribution in [0.15, 0.2) is 28.5 Å². The molecule has 4 nitrogen and oxygen atoms in total. The van der Waals surface area contributed by atoms with E-state index < -0.39 is 0 Å². The summed E-state index contributed by atoms with van der Waals surface area (Å²) in [5.41, 5.74) is 2.19. The van der Waals surface area contributed by atoms with E-state index in [0.29, 0.717) is 22.4 Å². The lowest BCUT2D eigenvalue weighted by molar-refractivity contribution is 0.701. The molecule has 0 bridgehead atoms. The van der Waals surface area contributed by atoms with Gasteiger partial charge in [-0.2, -0.15) is 9.78 Å². The highest BCUT2D eigenvalue weighted by molar-refractivity contribution is 7.99. The third-order valence-electron chi connectivity index (χ3n) is 3.27. The van der Waals surface area contributed by atoms with Crippen LogP contribution < -0.4 is 0 Å². The Morgan fingerprint density at radius 2 is 2.05 bits per heavy atom. The summed E-state index contributed by atoms with van der Waals surface area (Å²) < 4.78 is 1.84. The number of rotatable bonds is 3. The predicted molar refractivity (Wildman–Crippen MR) is 87.7 cm³/mol. The van der Waals surface area contributed by atoms with Gasteiger partial charge in [-0.25, -0.2) is 0 Å². The van der Waals surface area contributed by atoms with E-state index in [4.69, 9.17) is 23.2 Å². The fourth-order valence-electron chi connectivity index (χ4n) is 2.01. The highest BCUT2D eigenvalue weighted by atomic mass is 35.5. The molecule has 7 heteroatoms. The highest BCUT2D eigenvalue weighted by Gasteiger charge is 2.20. The molecular formula is C14H14Cl2N4S. The first-order valence-electron chi connectivity index (χ1n) is 6.63. The van der Waals surface area contributed by atoms with Gasteiger partial charge >= 0.3 is 0 Å². The third kappa shape index (κ3) is 3.10. The lowest BCUT2D eigenvalue weighted by Crippen LogP contribution is -2.18. The number of hydrogen-bond donors (Lipinski definition) is 0. The average molecular weight is 341 g/mol. The number of nitrogens with zero attached hydrogens (tertiary/aromatic N) is 4. The molecule has 0 radical (unpaired) electrons. The topological polar surface area (TPSA) is 43.1 Å². The van der Waals surface area contributed by atoms with E-state index in [9.17, 15) is 0 Å². The summed E-state index contributed by atoms with van der Waals surface area (Å²) in [7, 11) is 0. The van der Waals surface area contributed by atoms with Crippen molar-refractivity contribution >= 4 is 40.7 Å². The Morgan fingerprint density at radius 3 is 2.76 bits per heavy atom. The molecule has 0 saturated carbocycles. The van der Waals surface area contributed by atoms with Crippen LogP contribution in [0.3, 0.4) is 0 Å². The Hall–Kier alpha value is -1.04. The maximum atomic E-state index is 6.06. The van der Waals surface area contributed by atoms with Crippen molar-refractivity contribution in [2.45, 2.75) is 25.4 Å². The highest BCUT2D eigenvalue weighted by Crippen LogP contribution is 2.27. The van der Waals surface area contributed by atoms with E-state index in [-0.39, 0.29) is 0 Å². The van der Waals surface area contributed by atoms with Crippen molar-refractivity contribution in [3.8, 4) is 0 Å². The SMILES string of the molecule is CC(C)C1=Nn2c(Cc3ccc(Cl)c(Cl)c3)nnc2SC1. The molecule has 3 rings (SSSR count). The Kier molecular flexibility index (Phi) is 4.24. The summed E-state index contributed by atoms with van der Waals surface area (Å²) in [6.07, 6.45) is 0.624. The van der Waals surface area contributed by atoms with E-state index in [1.807, 2.05) is 16.8 Å². The lowest BCUT2D eigenvalue weighted by atomic mass is 10.1. The van der Waals surface area contributed by atoms with Gasteiger partial charge in [0.1, 0.15) is 0 Å². The van der Waals surface area contributed by atoms with Gasteiger partial charge in [0.2, 0.25) is 5.16 Å². The average Bonchev–Trinajstić information content (AvgIpc) is 2.85. The van der Waals surface area contributed by atoms with E-state index >= 15 is 0 Å². The summed E-state index contributed by atoms with van der Waals surface area (Å²) in [6.45, 7) is 4.29.